The van der Waals surface area contributed by atoms with Crippen LogP contribution in [0.1, 0.15) is 34.3 Å². The molecule has 2 aliphatic heterocycles. The van der Waals surface area contributed by atoms with Crippen LogP contribution in [-0.2, 0) is 9.53 Å². The van der Waals surface area contributed by atoms with Gasteiger partial charge in [-0.05, 0) is 49.9 Å². The molecular formula is C20H24N2O4. The van der Waals surface area contributed by atoms with Crippen molar-refractivity contribution in [2.75, 3.05) is 26.3 Å². The third kappa shape index (κ3) is 2.98. The zero-order valence-corrected chi connectivity index (χ0v) is 15.2. The van der Waals surface area contributed by atoms with Crippen molar-refractivity contribution in [3.63, 3.8) is 0 Å². The molecule has 2 aromatic rings. The van der Waals surface area contributed by atoms with E-state index in [-0.39, 0.29) is 23.8 Å². The van der Waals surface area contributed by atoms with E-state index in [0.29, 0.717) is 25.3 Å². The van der Waals surface area contributed by atoms with Crippen molar-refractivity contribution in [3.05, 3.63) is 35.1 Å². The number of carbonyl (C=O) groups excluding carboxylic acids is 2. The van der Waals surface area contributed by atoms with Crippen LogP contribution < -0.4 is 5.32 Å². The predicted octanol–water partition coefficient (Wildman–Crippen LogP) is 2.42. The fourth-order valence-electron chi connectivity index (χ4n) is 3.67. The van der Waals surface area contributed by atoms with Crippen LogP contribution >= 0.6 is 0 Å². The number of likely N-dealkylation sites (tertiary alicyclic amines) is 1. The number of fused-ring (bicyclic) bond motifs is 1. The van der Waals surface area contributed by atoms with Gasteiger partial charge in [-0.3, -0.25) is 9.59 Å². The lowest BCUT2D eigenvalue weighted by molar-refractivity contribution is -0.143. The number of nitrogens with one attached hydrogen (secondary N) is 1. The number of nitrogens with zero attached hydrogens (tertiary/aromatic N) is 1. The third-order valence-corrected chi connectivity index (χ3v) is 5.64. The van der Waals surface area contributed by atoms with E-state index in [1.807, 2.05) is 30.9 Å². The zero-order chi connectivity index (χ0) is 18.3. The van der Waals surface area contributed by atoms with Crippen LogP contribution in [-0.4, -0.2) is 49.1 Å². The van der Waals surface area contributed by atoms with E-state index in [0.717, 1.165) is 41.5 Å². The molecule has 2 amide bonds. The number of furan rings is 1. The predicted molar refractivity (Wildman–Crippen MR) is 97.1 cm³/mol. The number of rotatable bonds is 4. The summed E-state index contributed by atoms with van der Waals surface area (Å²) in [6, 6.07) is 4.02. The fraction of sp³-hybridized carbons (Fsp3) is 0.500. The van der Waals surface area contributed by atoms with Gasteiger partial charge in [0, 0.05) is 25.1 Å². The first kappa shape index (κ1) is 17.1. The number of carbonyl (C=O) groups is 2. The Bertz CT molecular complexity index is 851. The molecule has 0 radical (unpaired) electrons. The van der Waals surface area contributed by atoms with Crippen molar-refractivity contribution in [1.82, 2.24) is 10.2 Å². The van der Waals surface area contributed by atoms with Gasteiger partial charge in [-0.2, -0.15) is 0 Å². The monoisotopic (exact) mass is 356 g/mol. The van der Waals surface area contributed by atoms with E-state index in [9.17, 15) is 9.59 Å². The van der Waals surface area contributed by atoms with Gasteiger partial charge in [0.1, 0.15) is 11.8 Å². The SMILES string of the molecule is Cc1cc2occ(C(=O)NCC3CCN3C(=O)C3CCOC3)c2cc1C. The molecular weight excluding hydrogens is 332 g/mol. The molecule has 2 saturated heterocycles. The van der Waals surface area contributed by atoms with E-state index in [1.165, 1.54) is 6.26 Å². The average molecular weight is 356 g/mol. The summed E-state index contributed by atoms with van der Waals surface area (Å²) in [6.45, 7) is 6.47. The Morgan fingerprint density at radius 3 is 2.73 bits per heavy atom. The lowest BCUT2D eigenvalue weighted by atomic mass is 9.98. The maximum Gasteiger partial charge on any atom is 0.255 e. The molecule has 2 aliphatic rings. The van der Waals surface area contributed by atoms with Gasteiger partial charge < -0.3 is 19.4 Å². The highest BCUT2D eigenvalue weighted by Gasteiger charge is 2.37. The van der Waals surface area contributed by atoms with Crippen molar-refractivity contribution < 1.29 is 18.7 Å². The molecule has 3 heterocycles. The zero-order valence-electron chi connectivity index (χ0n) is 15.2. The van der Waals surface area contributed by atoms with Crippen LogP contribution in [0.5, 0.6) is 0 Å². The van der Waals surface area contributed by atoms with E-state index >= 15 is 0 Å². The van der Waals surface area contributed by atoms with Gasteiger partial charge in [0.25, 0.3) is 5.91 Å². The Labute approximate surface area is 152 Å². The van der Waals surface area contributed by atoms with Crippen molar-refractivity contribution >= 4 is 22.8 Å². The lowest BCUT2D eigenvalue weighted by Crippen LogP contribution is -2.57. The summed E-state index contributed by atoms with van der Waals surface area (Å²) in [5.41, 5.74) is 3.53. The average Bonchev–Trinajstić information content (AvgIpc) is 3.24. The number of aryl methyl sites for hydroxylation is 2. The first-order valence-corrected chi connectivity index (χ1v) is 9.19. The van der Waals surface area contributed by atoms with Gasteiger partial charge in [0.2, 0.25) is 5.91 Å². The summed E-state index contributed by atoms with van der Waals surface area (Å²) < 4.78 is 10.9. The van der Waals surface area contributed by atoms with Crippen molar-refractivity contribution in [1.29, 1.82) is 0 Å². The first-order chi connectivity index (χ1) is 12.5. The highest BCUT2D eigenvalue weighted by atomic mass is 16.5. The Balaban J connectivity index is 1.40. The minimum Gasteiger partial charge on any atom is -0.463 e. The molecule has 0 saturated carbocycles. The molecule has 2 unspecified atom stereocenters. The minimum absolute atomic E-state index is 0.0162. The summed E-state index contributed by atoms with van der Waals surface area (Å²) in [5, 5.41) is 3.79. The molecule has 4 rings (SSSR count). The van der Waals surface area contributed by atoms with E-state index in [2.05, 4.69) is 5.32 Å². The Hall–Kier alpha value is -2.34. The maximum atomic E-state index is 12.6. The van der Waals surface area contributed by atoms with Gasteiger partial charge in [0.15, 0.2) is 0 Å². The number of ether oxygens (including phenoxy) is 1. The molecule has 138 valence electrons. The van der Waals surface area contributed by atoms with Gasteiger partial charge in [-0.25, -0.2) is 0 Å². The number of hydrogen-bond acceptors (Lipinski definition) is 4. The van der Waals surface area contributed by atoms with Crippen LogP contribution in [0.25, 0.3) is 11.0 Å². The smallest absolute Gasteiger partial charge is 0.255 e. The molecule has 0 spiro atoms. The van der Waals surface area contributed by atoms with Gasteiger partial charge in [0.05, 0.1) is 24.1 Å². The van der Waals surface area contributed by atoms with Crippen LogP contribution in [0.2, 0.25) is 0 Å². The first-order valence-electron chi connectivity index (χ1n) is 9.19. The Morgan fingerprint density at radius 1 is 1.23 bits per heavy atom. The van der Waals surface area contributed by atoms with Crippen LogP contribution in [0.15, 0.2) is 22.8 Å². The molecule has 26 heavy (non-hydrogen) atoms. The summed E-state index contributed by atoms with van der Waals surface area (Å²) in [6.07, 6.45) is 3.23. The number of amides is 2. The van der Waals surface area contributed by atoms with Gasteiger partial charge in [-0.1, -0.05) is 0 Å². The van der Waals surface area contributed by atoms with E-state index < -0.39 is 0 Å². The Morgan fingerprint density at radius 2 is 2.04 bits per heavy atom. The fourth-order valence-corrected chi connectivity index (χ4v) is 3.67. The largest absolute Gasteiger partial charge is 0.463 e. The second-order valence-corrected chi connectivity index (χ2v) is 7.33. The summed E-state index contributed by atoms with van der Waals surface area (Å²) >= 11 is 0. The molecule has 1 N–H and O–H groups in total. The van der Waals surface area contributed by atoms with Crippen LogP contribution in [0, 0.1) is 19.8 Å². The second-order valence-electron chi connectivity index (χ2n) is 7.33. The van der Waals surface area contributed by atoms with Gasteiger partial charge >= 0.3 is 0 Å². The molecule has 1 aromatic heterocycles. The molecule has 2 atom stereocenters. The molecule has 0 aliphatic carbocycles. The number of benzene rings is 1. The maximum absolute atomic E-state index is 12.6. The molecule has 6 heteroatoms. The standard InChI is InChI=1S/C20H24N2O4/c1-12-7-16-17(11-26-18(16)8-13(12)2)19(23)21-9-15-3-5-22(15)20(24)14-4-6-25-10-14/h7-8,11,14-15H,3-6,9-10H2,1-2H3,(H,21,23). The summed E-state index contributed by atoms with van der Waals surface area (Å²) in [7, 11) is 0. The third-order valence-electron chi connectivity index (χ3n) is 5.64. The van der Waals surface area contributed by atoms with E-state index in [1.54, 1.807) is 0 Å². The summed E-state index contributed by atoms with van der Waals surface area (Å²) in [4.78, 5) is 26.9. The minimum atomic E-state index is -0.157. The molecule has 6 nitrogen and oxygen atoms in total. The molecule has 1 aromatic carbocycles. The molecule has 2 fully saturated rings. The van der Waals surface area contributed by atoms with Crippen LogP contribution in [0.3, 0.4) is 0 Å². The quantitative estimate of drug-likeness (QED) is 0.913. The summed E-state index contributed by atoms with van der Waals surface area (Å²) in [5.74, 6) is -0.0131. The van der Waals surface area contributed by atoms with Crippen molar-refractivity contribution in [2.24, 2.45) is 5.92 Å². The van der Waals surface area contributed by atoms with Gasteiger partial charge in [-0.15, -0.1) is 0 Å². The topological polar surface area (TPSA) is 71.8 Å². The second kappa shape index (κ2) is 6.76. The normalized spacial score (nSPS) is 22.5. The Kier molecular flexibility index (Phi) is 4.44. The molecule has 0 bridgehead atoms. The lowest BCUT2D eigenvalue weighted by Gasteiger charge is -2.42. The number of hydrogen-bond donors (Lipinski definition) is 1. The highest BCUT2D eigenvalue weighted by molar-refractivity contribution is 6.06. The van der Waals surface area contributed by atoms with E-state index in [4.69, 9.17) is 9.15 Å². The van der Waals surface area contributed by atoms with Crippen molar-refractivity contribution in [2.45, 2.75) is 32.7 Å². The van der Waals surface area contributed by atoms with Crippen molar-refractivity contribution in [3.8, 4) is 0 Å². The van der Waals surface area contributed by atoms with Crippen LogP contribution in [0.4, 0.5) is 0 Å². The highest BCUT2D eigenvalue weighted by Crippen LogP contribution is 2.26.